The van der Waals surface area contributed by atoms with E-state index < -0.39 is 0 Å². The second-order valence-corrected chi connectivity index (χ2v) is 4.88. The molecule has 6 nitrogen and oxygen atoms in total. The van der Waals surface area contributed by atoms with Crippen LogP contribution in [0.2, 0.25) is 0 Å². The molecule has 0 aliphatic rings. The molecule has 96 valence electrons. The molecule has 0 bridgehead atoms. The number of para-hydroxylation sites is 1. The van der Waals surface area contributed by atoms with E-state index in [0.29, 0.717) is 17.2 Å². The minimum Gasteiger partial charge on any atom is -0.507 e. The summed E-state index contributed by atoms with van der Waals surface area (Å²) in [5, 5.41) is 12.3. The molecule has 0 unspecified atom stereocenters. The number of hydrogen-bond donors (Lipinski definition) is 2. The monoisotopic (exact) mass is 274 g/mol. The van der Waals surface area contributed by atoms with Gasteiger partial charge < -0.3 is 5.11 Å². The molecule has 7 heteroatoms. The third-order valence-corrected chi connectivity index (χ3v) is 3.66. The Bertz CT molecular complexity index is 780. The van der Waals surface area contributed by atoms with Crippen molar-refractivity contribution in [2.45, 2.75) is 10.6 Å². The van der Waals surface area contributed by atoms with E-state index in [1.54, 1.807) is 12.1 Å². The summed E-state index contributed by atoms with van der Waals surface area (Å²) in [7, 11) is 0. The Labute approximate surface area is 112 Å². The third kappa shape index (κ3) is 2.32. The van der Waals surface area contributed by atoms with Crippen LogP contribution in [0.1, 0.15) is 5.69 Å². The highest BCUT2D eigenvalue weighted by Gasteiger charge is 2.06. The quantitative estimate of drug-likeness (QED) is 0.706. The van der Waals surface area contributed by atoms with Gasteiger partial charge in [-0.05, 0) is 12.1 Å². The van der Waals surface area contributed by atoms with Gasteiger partial charge in [-0.2, -0.15) is 4.52 Å². The van der Waals surface area contributed by atoms with Crippen molar-refractivity contribution in [3.8, 4) is 5.75 Å². The van der Waals surface area contributed by atoms with E-state index in [1.807, 2.05) is 12.1 Å². The topological polar surface area (TPSA) is 83.3 Å². The number of fused-ring (bicyclic) bond motifs is 1. The fraction of sp³-hybridized carbons (Fsp3) is 0.0833. The number of nitrogens with zero attached hydrogens (tertiary/aromatic N) is 3. The lowest BCUT2D eigenvalue weighted by atomic mass is 10.3. The number of aromatic nitrogens is 4. The molecular weight excluding hydrogens is 264 g/mol. The Morgan fingerprint density at radius 3 is 3.05 bits per heavy atom. The van der Waals surface area contributed by atoms with Gasteiger partial charge in [-0.25, -0.2) is 9.97 Å². The highest BCUT2D eigenvalue weighted by atomic mass is 32.2. The molecule has 0 amide bonds. The van der Waals surface area contributed by atoms with Crippen LogP contribution in [0.25, 0.3) is 5.78 Å². The molecule has 3 aromatic rings. The standard InChI is InChI=1S/C12H10N4O2S/c17-9-3-1-2-4-10(9)19-6-8-5-11(18)16-12(15-8)13-7-14-16/h1-5,7,17H,6H2,(H,13,14,15). The summed E-state index contributed by atoms with van der Waals surface area (Å²) in [5.74, 6) is 1.07. The summed E-state index contributed by atoms with van der Waals surface area (Å²) in [5.41, 5.74) is 0.431. The Morgan fingerprint density at radius 1 is 1.37 bits per heavy atom. The molecule has 2 N–H and O–H groups in total. The lowest BCUT2D eigenvalue weighted by Gasteiger charge is -2.03. The SMILES string of the molecule is O=c1cc(CSc2ccccc2O)nc2nc[nH]n12. The first-order valence-corrected chi connectivity index (χ1v) is 6.55. The van der Waals surface area contributed by atoms with Crippen molar-refractivity contribution < 1.29 is 5.11 Å². The number of aromatic amines is 1. The number of hydrogen-bond acceptors (Lipinski definition) is 5. The molecule has 2 aromatic heterocycles. The maximum absolute atomic E-state index is 11.7. The fourth-order valence-electron chi connectivity index (χ4n) is 1.67. The predicted molar refractivity (Wildman–Crippen MR) is 71.3 cm³/mol. The van der Waals surface area contributed by atoms with Crippen LogP contribution in [0.3, 0.4) is 0 Å². The van der Waals surface area contributed by atoms with Gasteiger partial charge in [0, 0.05) is 16.7 Å². The predicted octanol–water partition coefficient (Wildman–Crippen LogP) is 1.42. The molecule has 0 fully saturated rings. The average molecular weight is 274 g/mol. The van der Waals surface area contributed by atoms with Gasteiger partial charge in [0.1, 0.15) is 12.1 Å². The van der Waals surface area contributed by atoms with Crippen molar-refractivity contribution in [2.24, 2.45) is 0 Å². The molecule has 0 saturated carbocycles. The minimum absolute atomic E-state index is 0.199. The zero-order chi connectivity index (χ0) is 13.2. The number of phenols is 1. The lowest BCUT2D eigenvalue weighted by molar-refractivity contribution is 0.462. The van der Waals surface area contributed by atoms with Crippen molar-refractivity contribution in [1.29, 1.82) is 0 Å². The Morgan fingerprint density at radius 2 is 2.21 bits per heavy atom. The van der Waals surface area contributed by atoms with Crippen molar-refractivity contribution >= 4 is 17.5 Å². The van der Waals surface area contributed by atoms with E-state index in [4.69, 9.17) is 0 Å². The summed E-state index contributed by atoms with van der Waals surface area (Å²) in [6.07, 6.45) is 1.42. The normalized spacial score (nSPS) is 10.9. The smallest absolute Gasteiger partial charge is 0.274 e. The summed E-state index contributed by atoms with van der Waals surface area (Å²) >= 11 is 1.42. The zero-order valence-electron chi connectivity index (χ0n) is 9.78. The second-order valence-electron chi connectivity index (χ2n) is 3.86. The summed E-state index contributed by atoms with van der Waals surface area (Å²) < 4.78 is 1.27. The van der Waals surface area contributed by atoms with E-state index in [1.165, 1.54) is 28.7 Å². The molecule has 0 radical (unpaired) electrons. The van der Waals surface area contributed by atoms with Crippen LogP contribution in [-0.2, 0) is 5.75 Å². The summed E-state index contributed by atoms with van der Waals surface area (Å²) in [6, 6.07) is 8.51. The van der Waals surface area contributed by atoms with Gasteiger partial charge in [0.15, 0.2) is 0 Å². The molecule has 0 saturated heterocycles. The first kappa shape index (κ1) is 11.8. The third-order valence-electron chi connectivity index (χ3n) is 2.56. The highest BCUT2D eigenvalue weighted by molar-refractivity contribution is 7.98. The van der Waals surface area contributed by atoms with Gasteiger partial charge >= 0.3 is 0 Å². The number of thioether (sulfide) groups is 1. The number of benzene rings is 1. The van der Waals surface area contributed by atoms with E-state index >= 15 is 0 Å². The molecule has 0 atom stereocenters. The van der Waals surface area contributed by atoms with Crippen molar-refractivity contribution in [3.63, 3.8) is 0 Å². The van der Waals surface area contributed by atoms with Gasteiger partial charge in [0.2, 0.25) is 0 Å². The van der Waals surface area contributed by atoms with Gasteiger partial charge in [-0.3, -0.25) is 9.89 Å². The molecule has 0 spiro atoms. The van der Waals surface area contributed by atoms with Crippen LogP contribution < -0.4 is 5.56 Å². The van der Waals surface area contributed by atoms with Crippen molar-refractivity contribution in [1.82, 2.24) is 19.6 Å². The first-order valence-electron chi connectivity index (χ1n) is 5.57. The van der Waals surface area contributed by atoms with Gasteiger partial charge in [-0.1, -0.05) is 12.1 Å². The van der Waals surface area contributed by atoms with Crippen LogP contribution in [0, 0.1) is 0 Å². The first-order chi connectivity index (χ1) is 9.24. The summed E-state index contributed by atoms with van der Waals surface area (Å²) in [4.78, 5) is 20.7. The number of aromatic hydroxyl groups is 1. The summed E-state index contributed by atoms with van der Waals surface area (Å²) in [6.45, 7) is 0. The van der Waals surface area contributed by atoms with Crippen molar-refractivity contribution in [2.75, 3.05) is 0 Å². The Kier molecular flexibility index (Phi) is 2.96. The van der Waals surface area contributed by atoms with E-state index in [0.717, 1.165) is 4.90 Å². The second kappa shape index (κ2) is 4.77. The number of nitrogens with one attached hydrogen (secondary N) is 1. The zero-order valence-corrected chi connectivity index (χ0v) is 10.6. The Balaban J connectivity index is 1.86. The van der Waals surface area contributed by atoms with Crippen LogP contribution in [0.4, 0.5) is 0 Å². The maximum atomic E-state index is 11.7. The van der Waals surface area contributed by atoms with E-state index in [-0.39, 0.29) is 11.3 Å². The Hall–Kier alpha value is -2.28. The minimum atomic E-state index is -0.199. The number of phenolic OH excluding ortho intramolecular Hbond substituents is 1. The van der Waals surface area contributed by atoms with Gasteiger partial charge in [0.25, 0.3) is 11.3 Å². The van der Waals surface area contributed by atoms with Crippen molar-refractivity contribution in [3.05, 3.63) is 52.7 Å². The largest absolute Gasteiger partial charge is 0.507 e. The molecular formula is C12H10N4O2S. The van der Waals surface area contributed by atoms with E-state index in [9.17, 15) is 9.90 Å². The maximum Gasteiger partial charge on any atom is 0.274 e. The average Bonchev–Trinajstić information content (AvgIpc) is 2.87. The van der Waals surface area contributed by atoms with Gasteiger partial charge in [-0.15, -0.1) is 11.8 Å². The van der Waals surface area contributed by atoms with Crippen LogP contribution in [-0.4, -0.2) is 24.7 Å². The fourth-order valence-corrected chi connectivity index (χ4v) is 2.52. The molecule has 0 aliphatic heterocycles. The van der Waals surface area contributed by atoms with Gasteiger partial charge in [0.05, 0.1) is 5.69 Å². The molecule has 1 aromatic carbocycles. The van der Waals surface area contributed by atoms with Crippen LogP contribution >= 0.6 is 11.8 Å². The molecule has 3 rings (SSSR count). The molecule has 19 heavy (non-hydrogen) atoms. The lowest BCUT2D eigenvalue weighted by Crippen LogP contribution is -2.15. The number of rotatable bonds is 3. The van der Waals surface area contributed by atoms with Crippen LogP contribution in [0.5, 0.6) is 5.75 Å². The number of H-pyrrole nitrogens is 1. The van der Waals surface area contributed by atoms with Crippen LogP contribution in [0.15, 0.2) is 46.3 Å². The molecule has 0 aliphatic carbocycles. The molecule has 2 heterocycles. The van der Waals surface area contributed by atoms with E-state index in [2.05, 4.69) is 15.1 Å². The highest BCUT2D eigenvalue weighted by Crippen LogP contribution is 2.29.